The molecule has 0 spiro atoms. The zero-order valence-corrected chi connectivity index (χ0v) is 12.9. The van der Waals surface area contributed by atoms with Crippen LogP contribution in [-0.2, 0) is 9.59 Å². The van der Waals surface area contributed by atoms with E-state index in [4.69, 9.17) is 0 Å². The Labute approximate surface area is 127 Å². The number of carbonyl (C=O) groups excluding carboxylic acids is 2. The Bertz CT molecular complexity index is 436. The number of nitrogens with zero attached hydrogens (tertiary/aromatic N) is 1. The summed E-state index contributed by atoms with van der Waals surface area (Å²) in [6.07, 6.45) is 11.0. The molecule has 1 amide bonds. The maximum Gasteiger partial charge on any atom is 0.225 e. The van der Waals surface area contributed by atoms with Gasteiger partial charge in [-0.1, -0.05) is 6.42 Å². The molecule has 1 aliphatic heterocycles. The summed E-state index contributed by atoms with van der Waals surface area (Å²) in [7, 11) is 0. The van der Waals surface area contributed by atoms with Gasteiger partial charge in [-0.25, -0.2) is 0 Å². The fourth-order valence-electron chi connectivity index (χ4n) is 5.22. The predicted octanol–water partition coefficient (Wildman–Crippen LogP) is 3.17. The largest absolute Gasteiger partial charge is 0.339 e. The molecule has 4 fully saturated rings. The van der Waals surface area contributed by atoms with Gasteiger partial charge in [0.2, 0.25) is 5.91 Å². The first kappa shape index (κ1) is 13.8. The van der Waals surface area contributed by atoms with E-state index in [1.807, 2.05) is 0 Å². The fourth-order valence-corrected chi connectivity index (χ4v) is 5.22. The quantitative estimate of drug-likeness (QED) is 0.783. The topological polar surface area (TPSA) is 37.4 Å². The standard InChI is InChI=1S/C18H27NO2/c20-17-7-2-1-5-15(17)16-6-3-4-8-19(16)18(21)14-10-12-9-13(12)11-14/h12-16H,1-11H2. The lowest BCUT2D eigenvalue weighted by atomic mass is 9.78. The van der Waals surface area contributed by atoms with Gasteiger partial charge in [0, 0.05) is 30.8 Å². The minimum atomic E-state index is 0.152. The molecule has 4 aliphatic rings. The van der Waals surface area contributed by atoms with Crippen LogP contribution in [0.15, 0.2) is 0 Å². The lowest BCUT2D eigenvalue weighted by Gasteiger charge is -2.42. The highest BCUT2D eigenvalue weighted by molar-refractivity contribution is 5.84. The molecule has 1 saturated heterocycles. The fraction of sp³-hybridized carbons (Fsp3) is 0.889. The van der Waals surface area contributed by atoms with E-state index < -0.39 is 0 Å². The summed E-state index contributed by atoms with van der Waals surface area (Å²) in [5, 5.41) is 0. The van der Waals surface area contributed by atoms with Gasteiger partial charge in [-0.2, -0.15) is 0 Å². The van der Waals surface area contributed by atoms with Crippen molar-refractivity contribution < 1.29 is 9.59 Å². The third kappa shape index (κ3) is 2.53. The van der Waals surface area contributed by atoms with Gasteiger partial charge in [0.05, 0.1) is 0 Å². The van der Waals surface area contributed by atoms with Crippen molar-refractivity contribution in [3.8, 4) is 0 Å². The number of hydrogen-bond donors (Lipinski definition) is 0. The van der Waals surface area contributed by atoms with Crippen LogP contribution in [-0.4, -0.2) is 29.2 Å². The van der Waals surface area contributed by atoms with Gasteiger partial charge in [-0.15, -0.1) is 0 Å². The van der Waals surface area contributed by atoms with E-state index >= 15 is 0 Å². The SMILES string of the molecule is O=C1CCCCC1C1CCCCN1C(=O)C1CC2CC2C1. The van der Waals surface area contributed by atoms with Crippen LogP contribution in [0, 0.1) is 23.7 Å². The Balaban J connectivity index is 1.48. The van der Waals surface area contributed by atoms with Gasteiger partial charge in [-0.3, -0.25) is 9.59 Å². The minimum Gasteiger partial charge on any atom is -0.339 e. The molecule has 0 aromatic rings. The van der Waals surface area contributed by atoms with Crippen molar-refractivity contribution in [2.75, 3.05) is 6.54 Å². The number of amides is 1. The number of Topliss-reactive ketones (excluding diaryl/α,β-unsaturated/α-hetero) is 1. The molecule has 3 saturated carbocycles. The van der Waals surface area contributed by atoms with E-state index in [1.165, 1.54) is 19.3 Å². The number of piperidine rings is 1. The Kier molecular flexibility index (Phi) is 3.55. The maximum atomic E-state index is 12.9. The van der Waals surface area contributed by atoms with Crippen molar-refractivity contribution in [1.82, 2.24) is 4.90 Å². The summed E-state index contributed by atoms with van der Waals surface area (Å²) in [6, 6.07) is 0.232. The van der Waals surface area contributed by atoms with Crippen molar-refractivity contribution in [2.45, 2.75) is 70.3 Å². The van der Waals surface area contributed by atoms with Crippen LogP contribution >= 0.6 is 0 Å². The minimum absolute atomic E-state index is 0.152. The Morgan fingerprint density at radius 2 is 1.71 bits per heavy atom. The second-order valence-corrected chi connectivity index (χ2v) is 7.84. The second kappa shape index (κ2) is 5.40. The molecule has 3 aliphatic carbocycles. The number of likely N-dealkylation sites (tertiary alicyclic amines) is 1. The molecule has 3 heteroatoms. The van der Waals surface area contributed by atoms with Gasteiger partial charge in [-0.05, 0) is 63.2 Å². The first-order chi connectivity index (χ1) is 10.2. The summed E-state index contributed by atoms with van der Waals surface area (Å²) in [5.41, 5.74) is 0. The van der Waals surface area contributed by atoms with Crippen LogP contribution < -0.4 is 0 Å². The molecular weight excluding hydrogens is 262 g/mol. The van der Waals surface area contributed by atoms with Crippen LogP contribution in [0.2, 0.25) is 0 Å². The molecule has 0 N–H and O–H groups in total. The van der Waals surface area contributed by atoms with Crippen LogP contribution in [0.5, 0.6) is 0 Å². The molecule has 0 radical (unpaired) electrons. The summed E-state index contributed by atoms with van der Waals surface area (Å²) >= 11 is 0. The number of hydrogen-bond acceptors (Lipinski definition) is 2. The van der Waals surface area contributed by atoms with Crippen molar-refractivity contribution >= 4 is 11.7 Å². The van der Waals surface area contributed by atoms with E-state index in [0.717, 1.165) is 63.3 Å². The molecule has 4 rings (SSSR count). The van der Waals surface area contributed by atoms with Gasteiger partial charge < -0.3 is 4.90 Å². The third-order valence-corrected chi connectivity index (χ3v) is 6.49. The number of rotatable bonds is 2. The number of ketones is 1. The lowest BCUT2D eigenvalue weighted by Crippen LogP contribution is -2.51. The Morgan fingerprint density at radius 3 is 2.48 bits per heavy atom. The molecule has 0 bridgehead atoms. The highest BCUT2D eigenvalue weighted by atomic mass is 16.2. The van der Waals surface area contributed by atoms with Crippen LogP contribution in [0.25, 0.3) is 0 Å². The molecule has 4 atom stereocenters. The zero-order valence-electron chi connectivity index (χ0n) is 12.9. The first-order valence-corrected chi connectivity index (χ1v) is 9.07. The molecule has 4 unspecified atom stereocenters. The maximum absolute atomic E-state index is 12.9. The smallest absolute Gasteiger partial charge is 0.225 e. The van der Waals surface area contributed by atoms with Crippen LogP contribution in [0.3, 0.4) is 0 Å². The highest BCUT2D eigenvalue weighted by Crippen LogP contribution is 2.55. The Morgan fingerprint density at radius 1 is 0.952 bits per heavy atom. The van der Waals surface area contributed by atoms with E-state index in [2.05, 4.69) is 4.90 Å². The van der Waals surface area contributed by atoms with E-state index in [0.29, 0.717) is 11.7 Å². The van der Waals surface area contributed by atoms with Crippen LogP contribution in [0.4, 0.5) is 0 Å². The second-order valence-electron chi connectivity index (χ2n) is 7.84. The van der Waals surface area contributed by atoms with E-state index in [1.54, 1.807) is 0 Å². The first-order valence-electron chi connectivity index (χ1n) is 9.07. The van der Waals surface area contributed by atoms with Crippen molar-refractivity contribution in [1.29, 1.82) is 0 Å². The summed E-state index contributed by atoms with van der Waals surface area (Å²) in [5.74, 6) is 2.98. The average molecular weight is 289 g/mol. The Hall–Kier alpha value is -0.860. The molecule has 1 heterocycles. The van der Waals surface area contributed by atoms with Crippen molar-refractivity contribution in [3.63, 3.8) is 0 Å². The number of carbonyl (C=O) groups is 2. The third-order valence-electron chi connectivity index (χ3n) is 6.49. The zero-order chi connectivity index (χ0) is 14.4. The average Bonchev–Trinajstić information content (AvgIpc) is 3.13. The molecule has 0 aromatic heterocycles. The monoisotopic (exact) mass is 289 g/mol. The summed E-state index contributed by atoms with van der Waals surface area (Å²) in [4.78, 5) is 27.4. The molecule has 3 nitrogen and oxygen atoms in total. The van der Waals surface area contributed by atoms with Gasteiger partial charge in [0.25, 0.3) is 0 Å². The van der Waals surface area contributed by atoms with Gasteiger partial charge >= 0.3 is 0 Å². The highest BCUT2D eigenvalue weighted by Gasteiger charge is 2.50. The molecule has 116 valence electrons. The summed E-state index contributed by atoms with van der Waals surface area (Å²) in [6.45, 7) is 0.902. The predicted molar refractivity (Wildman–Crippen MR) is 80.6 cm³/mol. The number of fused-ring (bicyclic) bond motifs is 1. The molecule has 21 heavy (non-hydrogen) atoms. The van der Waals surface area contributed by atoms with Gasteiger partial charge in [0.1, 0.15) is 5.78 Å². The van der Waals surface area contributed by atoms with Crippen LogP contribution in [0.1, 0.15) is 64.2 Å². The molecular formula is C18H27NO2. The summed E-state index contributed by atoms with van der Waals surface area (Å²) < 4.78 is 0. The lowest BCUT2D eigenvalue weighted by molar-refractivity contribution is -0.143. The van der Waals surface area contributed by atoms with Gasteiger partial charge in [0.15, 0.2) is 0 Å². The molecule has 0 aromatic carbocycles. The van der Waals surface area contributed by atoms with Crippen molar-refractivity contribution in [3.05, 3.63) is 0 Å². The van der Waals surface area contributed by atoms with E-state index in [-0.39, 0.29) is 17.9 Å². The van der Waals surface area contributed by atoms with Crippen molar-refractivity contribution in [2.24, 2.45) is 23.7 Å². The normalized spacial score (nSPS) is 42.8. The van der Waals surface area contributed by atoms with E-state index in [9.17, 15) is 9.59 Å².